The van der Waals surface area contributed by atoms with Gasteiger partial charge in [-0.3, -0.25) is 4.79 Å². The maximum atomic E-state index is 12.3. The van der Waals surface area contributed by atoms with E-state index in [4.69, 9.17) is 0 Å². The lowest BCUT2D eigenvalue weighted by Gasteiger charge is -2.21. The Kier molecular flexibility index (Phi) is 6.65. The van der Waals surface area contributed by atoms with Crippen LogP contribution in [0.1, 0.15) is 18.9 Å². The number of benzene rings is 2. The van der Waals surface area contributed by atoms with Crippen LogP contribution in [0.5, 0.6) is 0 Å². The Hall–Kier alpha value is -2.13. The molecule has 0 radical (unpaired) electrons. The molecule has 0 saturated heterocycles. The zero-order valence-electron chi connectivity index (χ0n) is 13.2. The van der Waals surface area contributed by atoms with Gasteiger partial charge in [0, 0.05) is 25.2 Å². The number of carbonyl (C=O) groups is 1. The van der Waals surface area contributed by atoms with Crippen LogP contribution in [0.2, 0.25) is 0 Å². The number of amides is 1. The molecule has 3 nitrogen and oxygen atoms in total. The van der Waals surface area contributed by atoms with Crippen LogP contribution in [-0.4, -0.2) is 25.5 Å². The molecule has 3 heteroatoms. The SMILES string of the molecule is CCN(C(=O)CCNCCc1ccccc1)c1ccccc1. The summed E-state index contributed by atoms with van der Waals surface area (Å²) in [6, 6.07) is 20.2. The van der Waals surface area contributed by atoms with Gasteiger partial charge < -0.3 is 10.2 Å². The van der Waals surface area contributed by atoms with Crippen molar-refractivity contribution in [2.75, 3.05) is 24.5 Å². The minimum absolute atomic E-state index is 0.168. The summed E-state index contributed by atoms with van der Waals surface area (Å²) in [4.78, 5) is 14.1. The molecule has 0 saturated carbocycles. The van der Waals surface area contributed by atoms with Crippen molar-refractivity contribution >= 4 is 11.6 Å². The molecule has 0 aromatic heterocycles. The van der Waals surface area contributed by atoms with Crippen molar-refractivity contribution in [3.63, 3.8) is 0 Å². The van der Waals surface area contributed by atoms with Crippen molar-refractivity contribution in [3.8, 4) is 0 Å². The molecule has 22 heavy (non-hydrogen) atoms. The number of nitrogens with one attached hydrogen (secondary N) is 1. The van der Waals surface area contributed by atoms with E-state index < -0.39 is 0 Å². The number of anilines is 1. The average molecular weight is 296 g/mol. The highest BCUT2D eigenvalue weighted by Crippen LogP contribution is 2.13. The van der Waals surface area contributed by atoms with Crippen molar-refractivity contribution in [3.05, 3.63) is 66.2 Å². The van der Waals surface area contributed by atoms with Gasteiger partial charge in [-0.05, 0) is 37.6 Å². The van der Waals surface area contributed by atoms with Crippen LogP contribution >= 0.6 is 0 Å². The zero-order chi connectivity index (χ0) is 15.6. The van der Waals surface area contributed by atoms with Crippen LogP contribution in [0.15, 0.2) is 60.7 Å². The predicted octanol–water partition coefficient (Wildman–Crippen LogP) is 3.26. The van der Waals surface area contributed by atoms with E-state index in [0.29, 0.717) is 13.0 Å². The first kappa shape index (κ1) is 16.2. The smallest absolute Gasteiger partial charge is 0.228 e. The molecule has 116 valence electrons. The predicted molar refractivity (Wildman–Crippen MR) is 92.1 cm³/mol. The van der Waals surface area contributed by atoms with Crippen molar-refractivity contribution in [1.82, 2.24) is 5.32 Å². The van der Waals surface area contributed by atoms with Crippen molar-refractivity contribution in [1.29, 1.82) is 0 Å². The third-order valence-electron chi connectivity index (χ3n) is 3.63. The lowest BCUT2D eigenvalue weighted by Crippen LogP contribution is -2.33. The number of hydrogen-bond donors (Lipinski definition) is 1. The van der Waals surface area contributed by atoms with Gasteiger partial charge in [0.15, 0.2) is 0 Å². The first-order chi connectivity index (χ1) is 10.8. The van der Waals surface area contributed by atoms with Crippen LogP contribution < -0.4 is 10.2 Å². The van der Waals surface area contributed by atoms with E-state index in [2.05, 4.69) is 29.6 Å². The first-order valence-corrected chi connectivity index (χ1v) is 7.91. The van der Waals surface area contributed by atoms with Crippen molar-refractivity contribution in [2.45, 2.75) is 19.8 Å². The Balaban J connectivity index is 1.71. The van der Waals surface area contributed by atoms with Gasteiger partial charge in [-0.25, -0.2) is 0 Å². The third-order valence-corrected chi connectivity index (χ3v) is 3.63. The molecule has 0 heterocycles. The molecule has 0 aliphatic rings. The Bertz CT molecular complexity index is 554. The lowest BCUT2D eigenvalue weighted by molar-refractivity contribution is -0.118. The van der Waals surface area contributed by atoms with Crippen LogP contribution in [0.4, 0.5) is 5.69 Å². The summed E-state index contributed by atoms with van der Waals surface area (Å²) >= 11 is 0. The summed E-state index contributed by atoms with van der Waals surface area (Å²) < 4.78 is 0. The molecule has 0 unspecified atom stereocenters. The van der Waals surface area contributed by atoms with Gasteiger partial charge in [0.25, 0.3) is 0 Å². The van der Waals surface area contributed by atoms with E-state index in [0.717, 1.165) is 25.2 Å². The summed E-state index contributed by atoms with van der Waals surface area (Å²) in [6.45, 7) is 4.32. The molecular formula is C19H24N2O. The largest absolute Gasteiger partial charge is 0.316 e. The lowest BCUT2D eigenvalue weighted by atomic mass is 10.1. The van der Waals surface area contributed by atoms with Gasteiger partial charge in [0.2, 0.25) is 5.91 Å². The van der Waals surface area contributed by atoms with Crippen molar-refractivity contribution < 1.29 is 4.79 Å². The fourth-order valence-corrected chi connectivity index (χ4v) is 2.44. The van der Waals surface area contributed by atoms with Gasteiger partial charge in [-0.15, -0.1) is 0 Å². The molecule has 0 fully saturated rings. The Labute approximate surface area is 133 Å². The van der Waals surface area contributed by atoms with E-state index in [-0.39, 0.29) is 5.91 Å². The minimum atomic E-state index is 0.168. The summed E-state index contributed by atoms with van der Waals surface area (Å²) in [5, 5.41) is 3.35. The number of rotatable bonds is 8. The molecule has 0 aliphatic heterocycles. The molecule has 2 aromatic carbocycles. The molecule has 0 bridgehead atoms. The molecule has 2 rings (SSSR count). The standard InChI is InChI=1S/C19H24N2O/c1-2-21(18-11-7-4-8-12-18)19(22)14-16-20-15-13-17-9-5-3-6-10-17/h3-12,20H,2,13-16H2,1H3. The topological polar surface area (TPSA) is 32.3 Å². The number of carbonyl (C=O) groups excluding carboxylic acids is 1. The molecule has 1 amide bonds. The summed E-state index contributed by atoms with van der Waals surface area (Å²) in [5.74, 6) is 0.168. The maximum Gasteiger partial charge on any atom is 0.228 e. The van der Waals surface area contributed by atoms with Gasteiger partial charge in [0.1, 0.15) is 0 Å². The fraction of sp³-hybridized carbons (Fsp3) is 0.316. The van der Waals surface area contributed by atoms with Crippen LogP contribution in [-0.2, 0) is 11.2 Å². The van der Waals surface area contributed by atoms with Crippen LogP contribution in [0, 0.1) is 0 Å². The Morgan fingerprint density at radius 1 is 0.955 bits per heavy atom. The van der Waals surface area contributed by atoms with Crippen molar-refractivity contribution in [2.24, 2.45) is 0 Å². The molecule has 0 atom stereocenters. The minimum Gasteiger partial charge on any atom is -0.316 e. The van der Waals surface area contributed by atoms with E-state index >= 15 is 0 Å². The van der Waals surface area contributed by atoms with Gasteiger partial charge in [0.05, 0.1) is 0 Å². The fourth-order valence-electron chi connectivity index (χ4n) is 2.44. The number of nitrogens with zero attached hydrogens (tertiary/aromatic N) is 1. The Morgan fingerprint density at radius 3 is 2.23 bits per heavy atom. The summed E-state index contributed by atoms with van der Waals surface area (Å²) in [6.07, 6.45) is 1.52. The number of para-hydroxylation sites is 1. The number of hydrogen-bond acceptors (Lipinski definition) is 2. The zero-order valence-corrected chi connectivity index (χ0v) is 13.2. The third kappa shape index (κ3) is 5.01. The highest BCUT2D eigenvalue weighted by molar-refractivity contribution is 5.93. The van der Waals surface area contributed by atoms with Gasteiger partial charge in [-0.2, -0.15) is 0 Å². The van der Waals surface area contributed by atoms with E-state index in [1.165, 1.54) is 5.56 Å². The molecule has 0 aliphatic carbocycles. The monoisotopic (exact) mass is 296 g/mol. The van der Waals surface area contributed by atoms with Gasteiger partial charge >= 0.3 is 0 Å². The quantitative estimate of drug-likeness (QED) is 0.758. The second-order valence-corrected chi connectivity index (χ2v) is 5.21. The second-order valence-electron chi connectivity index (χ2n) is 5.21. The van der Waals surface area contributed by atoms with Crippen LogP contribution in [0.25, 0.3) is 0 Å². The van der Waals surface area contributed by atoms with E-state index in [1.54, 1.807) is 0 Å². The van der Waals surface area contributed by atoms with E-state index in [9.17, 15) is 4.79 Å². The molecule has 2 aromatic rings. The molecule has 1 N–H and O–H groups in total. The van der Waals surface area contributed by atoms with E-state index in [1.807, 2.05) is 48.2 Å². The van der Waals surface area contributed by atoms with Crippen LogP contribution in [0.3, 0.4) is 0 Å². The summed E-state index contributed by atoms with van der Waals surface area (Å²) in [7, 11) is 0. The summed E-state index contributed by atoms with van der Waals surface area (Å²) in [5.41, 5.74) is 2.29. The maximum absolute atomic E-state index is 12.3. The Morgan fingerprint density at radius 2 is 1.59 bits per heavy atom. The highest BCUT2D eigenvalue weighted by atomic mass is 16.2. The second kappa shape index (κ2) is 9.00. The highest BCUT2D eigenvalue weighted by Gasteiger charge is 2.12. The van der Waals surface area contributed by atoms with Gasteiger partial charge in [-0.1, -0.05) is 48.5 Å². The average Bonchev–Trinajstić information content (AvgIpc) is 2.57. The molecular weight excluding hydrogens is 272 g/mol. The normalized spacial score (nSPS) is 10.4. The molecule has 0 spiro atoms. The first-order valence-electron chi connectivity index (χ1n) is 7.91.